The van der Waals surface area contributed by atoms with E-state index in [1.54, 1.807) is 14.2 Å². The van der Waals surface area contributed by atoms with Crippen LogP contribution < -0.4 is 19.1 Å². The molecule has 0 unspecified atom stereocenters. The highest BCUT2D eigenvalue weighted by molar-refractivity contribution is 8.00. The van der Waals surface area contributed by atoms with E-state index in [4.69, 9.17) is 9.47 Å². The lowest BCUT2D eigenvalue weighted by molar-refractivity contribution is 0.0985. The molecule has 5 nitrogen and oxygen atoms in total. The fourth-order valence-electron chi connectivity index (χ4n) is 3.67. The van der Waals surface area contributed by atoms with Crippen molar-refractivity contribution >= 4 is 29.2 Å². The van der Waals surface area contributed by atoms with Crippen molar-refractivity contribution < 1.29 is 14.3 Å². The zero-order chi connectivity index (χ0) is 20.9. The third kappa shape index (κ3) is 4.09. The van der Waals surface area contributed by atoms with E-state index in [1.165, 1.54) is 17.5 Å². The number of hydrogen-bond acceptors (Lipinski definition) is 5. The lowest BCUT2D eigenvalue weighted by Crippen LogP contribution is -2.35. The van der Waals surface area contributed by atoms with Crippen molar-refractivity contribution in [1.29, 1.82) is 0 Å². The quantitative estimate of drug-likeness (QED) is 0.540. The molecule has 0 spiro atoms. The van der Waals surface area contributed by atoms with Crippen LogP contribution in [0.4, 0.5) is 11.4 Å². The number of nitrogens with one attached hydrogen (secondary N) is 1. The summed E-state index contributed by atoms with van der Waals surface area (Å²) in [6.07, 6.45) is 1.92. The van der Waals surface area contributed by atoms with Gasteiger partial charge < -0.3 is 19.1 Å². The van der Waals surface area contributed by atoms with Gasteiger partial charge in [-0.05, 0) is 72.8 Å². The predicted octanol–water partition coefficient (Wildman–Crippen LogP) is 5.42. The molecule has 0 atom stereocenters. The standard InChI is InChI=1S/C24H24N2O3S/c1-28-22-12-6-11-20(23(22)29-2)25-30-19-13-14-21-18(16-19)10-7-15-26(21)24(27)17-8-4-3-5-9-17/h3-6,8-9,11-14,16,25H,7,10,15H2,1-2H3. The molecule has 3 aromatic carbocycles. The molecular weight excluding hydrogens is 396 g/mol. The number of carbonyl (C=O) groups is 1. The first-order valence-electron chi connectivity index (χ1n) is 9.85. The Labute approximate surface area is 181 Å². The van der Waals surface area contributed by atoms with Gasteiger partial charge in [0.05, 0.1) is 19.9 Å². The summed E-state index contributed by atoms with van der Waals surface area (Å²) in [7, 11) is 3.26. The highest BCUT2D eigenvalue weighted by Crippen LogP contribution is 2.38. The summed E-state index contributed by atoms with van der Waals surface area (Å²) in [5, 5.41) is 0. The van der Waals surface area contributed by atoms with Gasteiger partial charge in [-0.2, -0.15) is 0 Å². The molecule has 1 aliphatic heterocycles. The Kier molecular flexibility index (Phi) is 6.14. The Morgan fingerprint density at radius 2 is 1.83 bits per heavy atom. The smallest absolute Gasteiger partial charge is 0.258 e. The van der Waals surface area contributed by atoms with Crippen LogP contribution in [0.15, 0.2) is 71.6 Å². The Balaban J connectivity index is 1.53. The number of hydrogen-bond donors (Lipinski definition) is 1. The number of amides is 1. The fraction of sp³-hybridized carbons (Fsp3) is 0.208. The van der Waals surface area contributed by atoms with Gasteiger partial charge >= 0.3 is 0 Å². The zero-order valence-electron chi connectivity index (χ0n) is 17.1. The van der Waals surface area contributed by atoms with Crippen LogP contribution in [0.25, 0.3) is 0 Å². The first-order valence-corrected chi connectivity index (χ1v) is 10.7. The van der Waals surface area contributed by atoms with Crippen molar-refractivity contribution in [2.45, 2.75) is 17.7 Å². The number of methoxy groups -OCH3 is 2. The molecule has 1 amide bonds. The van der Waals surface area contributed by atoms with Crippen LogP contribution in [0, 0.1) is 0 Å². The highest BCUT2D eigenvalue weighted by atomic mass is 32.2. The highest BCUT2D eigenvalue weighted by Gasteiger charge is 2.23. The van der Waals surface area contributed by atoms with Crippen LogP contribution in [0.1, 0.15) is 22.3 Å². The molecule has 1 N–H and O–H groups in total. The summed E-state index contributed by atoms with van der Waals surface area (Å²) < 4.78 is 14.2. The molecule has 0 aromatic heterocycles. The van der Waals surface area contributed by atoms with Gasteiger partial charge in [0.1, 0.15) is 0 Å². The van der Waals surface area contributed by atoms with E-state index in [0.29, 0.717) is 11.5 Å². The lowest BCUT2D eigenvalue weighted by Gasteiger charge is -2.30. The second kappa shape index (κ2) is 9.13. The summed E-state index contributed by atoms with van der Waals surface area (Å²) in [6.45, 7) is 0.743. The van der Waals surface area contributed by atoms with Crippen LogP contribution in [-0.4, -0.2) is 26.7 Å². The van der Waals surface area contributed by atoms with Gasteiger partial charge in [-0.1, -0.05) is 24.3 Å². The number of anilines is 2. The third-order valence-electron chi connectivity index (χ3n) is 5.12. The van der Waals surface area contributed by atoms with Gasteiger partial charge in [0.25, 0.3) is 5.91 Å². The van der Waals surface area contributed by atoms with Crippen molar-refractivity contribution in [3.63, 3.8) is 0 Å². The molecule has 0 bridgehead atoms. The van der Waals surface area contributed by atoms with E-state index >= 15 is 0 Å². The predicted molar refractivity (Wildman–Crippen MR) is 122 cm³/mol. The average molecular weight is 421 g/mol. The Morgan fingerprint density at radius 1 is 1.00 bits per heavy atom. The zero-order valence-corrected chi connectivity index (χ0v) is 17.9. The number of nitrogens with zero attached hydrogens (tertiary/aromatic N) is 1. The number of ether oxygens (including phenoxy) is 2. The Bertz CT molecular complexity index is 1040. The molecule has 0 aliphatic carbocycles. The van der Waals surface area contributed by atoms with Gasteiger partial charge in [-0.15, -0.1) is 0 Å². The molecule has 30 heavy (non-hydrogen) atoms. The van der Waals surface area contributed by atoms with Crippen LogP contribution >= 0.6 is 11.9 Å². The number of aryl methyl sites for hydroxylation is 1. The average Bonchev–Trinajstić information content (AvgIpc) is 2.81. The van der Waals surface area contributed by atoms with Crippen LogP contribution in [0.5, 0.6) is 11.5 Å². The topological polar surface area (TPSA) is 50.8 Å². The maximum atomic E-state index is 13.0. The number of para-hydroxylation sites is 1. The van der Waals surface area contributed by atoms with E-state index in [0.717, 1.165) is 41.2 Å². The van der Waals surface area contributed by atoms with E-state index in [1.807, 2.05) is 65.6 Å². The summed E-state index contributed by atoms with van der Waals surface area (Å²) in [5.41, 5.74) is 3.75. The number of rotatable bonds is 6. The van der Waals surface area contributed by atoms with Crippen LogP contribution in [-0.2, 0) is 6.42 Å². The van der Waals surface area contributed by atoms with E-state index in [2.05, 4.69) is 10.8 Å². The molecule has 154 valence electrons. The fourth-order valence-corrected chi connectivity index (χ4v) is 4.39. The van der Waals surface area contributed by atoms with Crippen LogP contribution in [0.3, 0.4) is 0 Å². The summed E-state index contributed by atoms with van der Waals surface area (Å²) >= 11 is 1.51. The first-order chi connectivity index (χ1) is 14.7. The van der Waals surface area contributed by atoms with Crippen molar-refractivity contribution in [2.24, 2.45) is 0 Å². The van der Waals surface area contributed by atoms with Gasteiger partial charge in [0, 0.05) is 22.7 Å². The normalized spacial score (nSPS) is 12.8. The third-order valence-corrected chi connectivity index (χ3v) is 5.93. The van der Waals surface area contributed by atoms with Gasteiger partial charge in [0.15, 0.2) is 11.5 Å². The molecular formula is C24H24N2O3S. The monoisotopic (exact) mass is 420 g/mol. The second-order valence-corrected chi connectivity index (χ2v) is 7.84. The summed E-state index contributed by atoms with van der Waals surface area (Å²) in [5.74, 6) is 1.41. The minimum absolute atomic E-state index is 0.0520. The van der Waals surface area contributed by atoms with E-state index < -0.39 is 0 Å². The van der Waals surface area contributed by atoms with E-state index in [-0.39, 0.29) is 5.91 Å². The molecule has 4 rings (SSSR count). The molecule has 3 aromatic rings. The lowest BCUT2D eigenvalue weighted by atomic mass is 10.0. The summed E-state index contributed by atoms with van der Waals surface area (Å²) in [4.78, 5) is 15.9. The second-order valence-electron chi connectivity index (χ2n) is 6.96. The first kappa shape index (κ1) is 20.2. The van der Waals surface area contributed by atoms with Crippen molar-refractivity contribution in [3.05, 3.63) is 77.9 Å². The summed E-state index contributed by atoms with van der Waals surface area (Å²) in [6, 6.07) is 21.4. The minimum Gasteiger partial charge on any atom is -0.493 e. The molecule has 0 saturated carbocycles. The maximum absolute atomic E-state index is 13.0. The molecule has 0 saturated heterocycles. The Morgan fingerprint density at radius 3 is 2.60 bits per heavy atom. The van der Waals surface area contributed by atoms with Gasteiger partial charge in [-0.25, -0.2) is 0 Å². The largest absolute Gasteiger partial charge is 0.493 e. The van der Waals surface area contributed by atoms with Gasteiger partial charge in [0.2, 0.25) is 0 Å². The molecule has 6 heteroatoms. The molecule has 1 heterocycles. The van der Waals surface area contributed by atoms with E-state index in [9.17, 15) is 4.79 Å². The molecule has 0 fully saturated rings. The van der Waals surface area contributed by atoms with Crippen LogP contribution in [0.2, 0.25) is 0 Å². The molecule has 1 aliphatic rings. The minimum atomic E-state index is 0.0520. The van der Waals surface area contributed by atoms with Gasteiger partial charge in [-0.3, -0.25) is 4.79 Å². The molecule has 0 radical (unpaired) electrons. The van der Waals surface area contributed by atoms with Crippen molar-refractivity contribution in [1.82, 2.24) is 0 Å². The Hall–Kier alpha value is -3.12. The number of carbonyl (C=O) groups excluding carboxylic acids is 1. The maximum Gasteiger partial charge on any atom is 0.258 e. The van der Waals surface area contributed by atoms with Crippen molar-refractivity contribution in [3.8, 4) is 11.5 Å². The van der Waals surface area contributed by atoms with Crippen molar-refractivity contribution in [2.75, 3.05) is 30.4 Å². The SMILES string of the molecule is COc1cccc(NSc2ccc3c(c2)CCCN3C(=O)c2ccccc2)c1OC. The number of benzene rings is 3. The number of fused-ring (bicyclic) bond motifs is 1.